The second-order valence-electron chi connectivity index (χ2n) is 7.65. The third-order valence-electron chi connectivity index (χ3n) is 5.84. The first-order chi connectivity index (χ1) is 13.2. The molecule has 1 aromatic carbocycles. The Bertz CT molecular complexity index is 999. The van der Waals surface area contributed by atoms with E-state index >= 15 is 0 Å². The predicted octanol–water partition coefficient (Wildman–Crippen LogP) is 2.82. The summed E-state index contributed by atoms with van der Waals surface area (Å²) < 4.78 is 40.3. The number of aryl methyl sites for hydroxylation is 1. The van der Waals surface area contributed by atoms with E-state index in [2.05, 4.69) is 9.88 Å². The lowest BCUT2D eigenvalue weighted by Crippen LogP contribution is -2.33. The number of alkyl halides is 3. The van der Waals surface area contributed by atoms with Gasteiger partial charge in [0.1, 0.15) is 0 Å². The summed E-state index contributed by atoms with van der Waals surface area (Å²) in [4.78, 5) is 27.8. The molecule has 2 heterocycles. The van der Waals surface area contributed by atoms with Gasteiger partial charge in [0, 0.05) is 31.2 Å². The van der Waals surface area contributed by atoms with E-state index in [4.69, 9.17) is 0 Å². The minimum Gasteiger partial charge on any atom is -0.302 e. The number of hydrogen-bond acceptors (Lipinski definition) is 3. The minimum atomic E-state index is -4.31. The Morgan fingerprint density at radius 2 is 1.89 bits per heavy atom. The molecular weight excluding hydrogens is 486 g/mol. The molecule has 0 unspecified atom stereocenters. The standard InChI is InChI=1S/C19H19F3IN3O2/c20-19(21,22)13-4-2-12(3-5-13)18-8-14(18)9-25(11-18)6-1-7-26-10-15(23)16(27)24-17(26)28/h2-5,10,14H,1,6-9,11H2,(H,24,27,28)/t14-,18+/m1/s1. The molecule has 0 radical (unpaired) electrons. The van der Waals surface area contributed by atoms with Gasteiger partial charge >= 0.3 is 11.9 Å². The highest BCUT2D eigenvalue weighted by Crippen LogP contribution is 2.59. The Morgan fingerprint density at radius 3 is 2.57 bits per heavy atom. The van der Waals surface area contributed by atoms with Crippen molar-refractivity contribution in [3.63, 3.8) is 0 Å². The molecule has 2 aliphatic rings. The van der Waals surface area contributed by atoms with Crippen molar-refractivity contribution in [1.29, 1.82) is 0 Å². The van der Waals surface area contributed by atoms with E-state index < -0.39 is 17.4 Å². The molecule has 2 aromatic rings. The summed E-state index contributed by atoms with van der Waals surface area (Å²) in [6, 6.07) is 5.58. The van der Waals surface area contributed by atoms with Crippen molar-refractivity contribution in [1.82, 2.24) is 14.5 Å². The van der Waals surface area contributed by atoms with Crippen LogP contribution in [0.5, 0.6) is 0 Å². The van der Waals surface area contributed by atoms with Crippen LogP contribution in [0.25, 0.3) is 0 Å². The number of hydrogen-bond donors (Lipinski definition) is 1. The van der Waals surface area contributed by atoms with Crippen molar-refractivity contribution in [2.24, 2.45) is 5.92 Å². The quantitative estimate of drug-likeness (QED) is 0.637. The molecule has 5 nitrogen and oxygen atoms in total. The predicted molar refractivity (Wildman–Crippen MR) is 106 cm³/mol. The van der Waals surface area contributed by atoms with E-state index in [1.807, 2.05) is 22.6 Å². The normalized spacial score (nSPS) is 24.4. The summed E-state index contributed by atoms with van der Waals surface area (Å²) in [5.74, 6) is 0.487. The maximum atomic E-state index is 12.8. The van der Waals surface area contributed by atoms with Gasteiger partial charge in [0.25, 0.3) is 5.56 Å². The van der Waals surface area contributed by atoms with Crippen LogP contribution in [-0.4, -0.2) is 34.1 Å². The molecule has 2 atom stereocenters. The Hall–Kier alpha value is -1.62. The third kappa shape index (κ3) is 3.66. The highest BCUT2D eigenvalue weighted by atomic mass is 127. The summed E-state index contributed by atoms with van der Waals surface area (Å²) in [5, 5.41) is 0. The summed E-state index contributed by atoms with van der Waals surface area (Å²) in [6.07, 6.45) is -0.963. The smallest absolute Gasteiger partial charge is 0.302 e. The third-order valence-corrected chi connectivity index (χ3v) is 6.61. The molecule has 1 aromatic heterocycles. The highest BCUT2D eigenvalue weighted by Gasteiger charge is 2.60. The largest absolute Gasteiger partial charge is 0.416 e. The number of aromatic nitrogens is 2. The zero-order valence-electron chi connectivity index (χ0n) is 14.9. The number of nitrogens with one attached hydrogen (secondary N) is 1. The van der Waals surface area contributed by atoms with E-state index in [1.165, 1.54) is 16.7 Å². The number of aromatic amines is 1. The van der Waals surface area contributed by atoms with Gasteiger partial charge < -0.3 is 4.90 Å². The number of H-pyrrole nitrogens is 1. The van der Waals surface area contributed by atoms with E-state index in [0.29, 0.717) is 16.0 Å². The maximum Gasteiger partial charge on any atom is 0.416 e. The molecule has 1 N–H and O–H groups in total. The van der Waals surface area contributed by atoms with Crippen molar-refractivity contribution < 1.29 is 13.2 Å². The highest BCUT2D eigenvalue weighted by molar-refractivity contribution is 14.1. The number of rotatable bonds is 5. The fraction of sp³-hybridized carbons (Fsp3) is 0.474. The van der Waals surface area contributed by atoms with Crippen LogP contribution in [-0.2, 0) is 18.1 Å². The lowest BCUT2D eigenvalue weighted by molar-refractivity contribution is -0.137. The minimum absolute atomic E-state index is 0.0195. The summed E-state index contributed by atoms with van der Waals surface area (Å²) >= 11 is 1.90. The molecule has 1 aliphatic carbocycles. The van der Waals surface area contributed by atoms with Crippen LogP contribution >= 0.6 is 22.6 Å². The van der Waals surface area contributed by atoms with Gasteiger partial charge in [-0.1, -0.05) is 12.1 Å². The Labute approximate surface area is 172 Å². The van der Waals surface area contributed by atoms with Crippen molar-refractivity contribution in [3.05, 3.63) is 66.0 Å². The van der Waals surface area contributed by atoms with E-state index in [9.17, 15) is 22.8 Å². The van der Waals surface area contributed by atoms with Gasteiger partial charge in [-0.3, -0.25) is 14.3 Å². The fourth-order valence-electron chi connectivity index (χ4n) is 4.31. The number of nitrogens with zero attached hydrogens (tertiary/aromatic N) is 2. The van der Waals surface area contributed by atoms with Crippen LogP contribution < -0.4 is 11.2 Å². The van der Waals surface area contributed by atoms with Gasteiger partial charge in [-0.25, -0.2) is 4.79 Å². The van der Waals surface area contributed by atoms with Gasteiger partial charge in [0.2, 0.25) is 0 Å². The summed E-state index contributed by atoms with van der Waals surface area (Å²) in [5.41, 5.74) is -0.426. The lowest BCUT2D eigenvalue weighted by atomic mass is 9.94. The van der Waals surface area contributed by atoms with Crippen LogP contribution in [0.3, 0.4) is 0 Å². The Balaban J connectivity index is 1.36. The fourth-order valence-corrected chi connectivity index (χ4v) is 4.78. The molecule has 2 fully saturated rings. The monoisotopic (exact) mass is 505 g/mol. The summed E-state index contributed by atoms with van der Waals surface area (Å²) in [7, 11) is 0. The average molecular weight is 505 g/mol. The van der Waals surface area contributed by atoms with Gasteiger partial charge in [-0.05, 0) is 65.6 Å². The molecule has 28 heavy (non-hydrogen) atoms. The number of likely N-dealkylation sites (tertiary alicyclic amines) is 1. The van der Waals surface area contributed by atoms with Crippen molar-refractivity contribution in [2.75, 3.05) is 19.6 Å². The first kappa shape index (κ1) is 19.7. The first-order valence-electron chi connectivity index (χ1n) is 9.08. The maximum absolute atomic E-state index is 12.8. The zero-order chi connectivity index (χ0) is 20.1. The average Bonchev–Trinajstić information content (AvgIpc) is 3.21. The first-order valence-corrected chi connectivity index (χ1v) is 10.2. The molecule has 1 saturated carbocycles. The van der Waals surface area contributed by atoms with E-state index in [-0.39, 0.29) is 11.0 Å². The number of piperidine rings is 1. The molecule has 0 amide bonds. The summed E-state index contributed by atoms with van der Waals surface area (Å²) in [6.45, 7) is 3.08. The van der Waals surface area contributed by atoms with E-state index in [1.54, 1.807) is 18.3 Å². The van der Waals surface area contributed by atoms with Crippen molar-refractivity contribution in [3.8, 4) is 0 Å². The molecule has 150 valence electrons. The van der Waals surface area contributed by atoms with Gasteiger partial charge in [-0.2, -0.15) is 13.2 Å². The number of benzene rings is 1. The zero-order valence-corrected chi connectivity index (χ0v) is 17.1. The molecule has 1 saturated heterocycles. The molecule has 1 aliphatic heterocycles. The van der Waals surface area contributed by atoms with Crippen LogP contribution in [0.4, 0.5) is 13.2 Å². The van der Waals surface area contributed by atoms with Crippen LogP contribution in [0.1, 0.15) is 24.0 Å². The van der Waals surface area contributed by atoms with Crippen molar-refractivity contribution in [2.45, 2.75) is 31.0 Å². The Kier molecular flexibility index (Phi) is 4.93. The van der Waals surface area contributed by atoms with Gasteiger partial charge in [-0.15, -0.1) is 0 Å². The topological polar surface area (TPSA) is 58.1 Å². The molecule has 4 rings (SSSR count). The number of fused-ring (bicyclic) bond motifs is 1. The molecule has 9 heteroatoms. The van der Waals surface area contributed by atoms with Crippen molar-refractivity contribution >= 4 is 22.6 Å². The van der Waals surface area contributed by atoms with Crippen LogP contribution in [0.15, 0.2) is 40.1 Å². The van der Waals surface area contributed by atoms with E-state index in [0.717, 1.165) is 38.0 Å². The molecule has 0 spiro atoms. The second-order valence-corrected chi connectivity index (χ2v) is 8.81. The SMILES string of the molecule is O=c1[nH]c(=O)n(CCCN2C[C@H]3C[C@@]3(c3ccc(C(F)(F)F)cc3)C2)cc1I. The lowest BCUT2D eigenvalue weighted by Gasteiger charge is -2.21. The van der Waals surface area contributed by atoms with Crippen LogP contribution in [0, 0.1) is 9.49 Å². The van der Waals surface area contributed by atoms with Gasteiger partial charge in [0.05, 0.1) is 9.13 Å². The second kappa shape index (κ2) is 7.01. The van der Waals surface area contributed by atoms with Gasteiger partial charge in [0.15, 0.2) is 0 Å². The molecule has 0 bridgehead atoms. The van der Waals surface area contributed by atoms with Crippen LogP contribution in [0.2, 0.25) is 0 Å². The molecular formula is C19H19F3IN3O2. The Morgan fingerprint density at radius 1 is 1.18 bits per heavy atom. The number of halogens is 4.